The number of rotatable bonds is 2. The molecule has 0 spiro atoms. The van der Waals surface area contributed by atoms with Crippen LogP contribution in [0, 0.1) is 6.92 Å². The third-order valence-corrected chi connectivity index (χ3v) is 1.86. The number of aryl methyl sites for hydroxylation is 1. The SMILES string of the molecule is Cc1cnn(-c2ccc(N=C=O)cc2)n1. The first kappa shape index (κ1) is 9.30. The molecule has 0 atom stereocenters. The predicted molar refractivity (Wildman–Crippen MR) is 53.9 cm³/mol. The quantitative estimate of drug-likeness (QED) is 0.545. The molecular formula is C10H8N4O. The van der Waals surface area contributed by atoms with Crippen molar-refractivity contribution in [1.29, 1.82) is 0 Å². The molecule has 0 N–H and O–H groups in total. The van der Waals surface area contributed by atoms with Crippen molar-refractivity contribution in [3.63, 3.8) is 0 Å². The van der Waals surface area contributed by atoms with Crippen LogP contribution in [0.1, 0.15) is 5.69 Å². The summed E-state index contributed by atoms with van der Waals surface area (Å²) in [6, 6.07) is 6.99. The molecular weight excluding hydrogens is 192 g/mol. The molecule has 0 radical (unpaired) electrons. The van der Waals surface area contributed by atoms with Crippen molar-refractivity contribution in [2.75, 3.05) is 0 Å². The van der Waals surface area contributed by atoms with E-state index in [4.69, 9.17) is 0 Å². The topological polar surface area (TPSA) is 60.1 Å². The average Bonchev–Trinajstić information content (AvgIpc) is 2.67. The Morgan fingerprint density at radius 1 is 1.33 bits per heavy atom. The fourth-order valence-corrected chi connectivity index (χ4v) is 1.18. The van der Waals surface area contributed by atoms with Gasteiger partial charge in [-0.2, -0.15) is 20.0 Å². The van der Waals surface area contributed by atoms with Gasteiger partial charge in [0.2, 0.25) is 6.08 Å². The lowest BCUT2D eigenvalue weighted by Crippen LogP contribution is -1.97. The van der Waals surface area contributed by atoms with Gasteiger partial charge in [0, 0.05) is 0 Å². The number of isocyanates is 1. The fraction of sp³-hybridized carbons (Fsp3) is 0.100. The zero-order chi connectivity index (χ0) is 10.7. The molecule has 0 aliphatic rings. The minimum absolute atomic E-state index is 0.567. The Balaban J connectivity index is 2.35. The number of aliphatic imine (C=N–C) groups is 1. The molecule has 5 heteroatoms. The minimum atomic E-state index is 0.567. The summed E-state index contributed by atoms with van der Waals surface area (Å²) >= 11 is 0. The zero-order valence-corrected chi connectivity index (χ0v) is 8.08. The second-order valence-corrected chi connectivity index (χ2v) is 2.99. The molecule has 0 amide bonds. The largest absolute Gasteiger partial charge is 0.240 e. The lowest BCUT2D eigenvalue weighted by molar-refractivity contribution is 0.565. The lowest BCUT2D eigenvalue weighted by Gasteiger charge is -1.98. The normalized spacial score (nSPS) is 9.67. The van der Waals surface area contributed by atoms with Gasteiger partial charge in [-0.3, -0.25) is 0 Å². The van der Waals surface area contributed by atoms with Crippen LogP contribution in [0.4, 0.5) is 5.69 Å². The van der Waals surface area contributed by atoms with E-state index in [0.717, 1.165) is 11.4 Å². The van der Waals surface area contributed by atoms with Crippen LogP contribution >= 0.6 is 0 Å². The number of aromatic nitrogens is 3. The Morgan fingerprint density at radius 2 is 2.07 bits per heavy atom. The van der Waals surface area contributed by atoms with Gasteiger partial charge in [-0.25, -0.2) is 4.79 Å². The molecule has 5 nitrogen and oxygen atoms in total. The minimum Gasteiger partial charge on any atom is -0.211 e. The summed E-state index contributed by atoms with van der Waals surface area (Å²) < 4.78 is 0. The molecule has 0 fully saturated rings. The maximum Gasteiger partial charge on any atom is 0.240 e. The molecule has 0 bridgehead atoms. The molecule has 74 valence electrons. The van der Waals surface area contributed by atoms with Gasteiger partial charge >= 0.3 is 0 Å². The predicted octanol–water partition coefficient (Wildman–Crippen LogP) is 1.54. The van der Waals surface area contributed by atoms with Crippen molar-refractivity contribution in [3.8, 4) is 5.69 Å². The highest BCUT2D eigenvalue weighted by atomic mass is 16.1. The van der Waals surface area contributed by atoms with Gasteiger partial charge in [0.25, 0.3) is 0 Å². The van der Waals surface area contributed by atoms with Gasteiger partial charge in [-0.15, -0.1) is 0 Å². The first-order valence-electron chi connectivity index (χ1n) is 4.37. The summed E-state index contributed by atoms with van der Waals surface area (Å²) in [5.74, 6) is 0. The summed E-state index contributed by atoms with van der Waals surface area (Å²) in [6.07, 6.45) is 3.16. The fourth-order valence-electron chi connectivity index (χ4n) is 1.18. The molecule has 2 rings (SSSR count). The first-order chi connectivity index (χ1) is 7.29. The molecule has 1 heterocycles. The van der Waals surface area contributed by atoms with Crippen LogP contribution in [0.5, 0.6) is 0 Å². The second kappa shape index (κ2) is 3.86. The van der Waals surface area contributed by atoms with Gasteiger partial charge in [-0.1, -0.05) is 0 Å². The van der Waals surface area contributed by atoms with Gasteiger partial charge in [-0.05, 0) is 31.2 Å². The number of nitrogens with zero attached hydrogens (tertiary/aromatic N) is 4. The highest BCUT2D eigenvalue weighted by Gasteiger charge is 1.99. The van der Waals surface area contributed by atoms with E-state index >= 15 is 0 Å². The van der Waals surface area contributed by atoms with Crippen LogP contribution < -0.4 is 0 Å². The molecule has 1 aromatic heterocycles. The van der Waals surface area contributed by atoms with E-state index in [2.05, 4.69) is 15.2 Å². The van der Waals surface area contributed by atoms with Crippen LogP contribution in [0.15, 0.2) is 35.5 Å². The van der Waals surface area contributed by atoms with E-state index in [0.29, 0.717) is 5.69 Å². The number of carbonyl (C=O) groups excluding carboxylic acids is 1. The third-order valence-electron chi connectivity index (χ3n) is 1.86. The maximum atomic E-state index is 10.0. The summed E-state index contributed by atoms with van der Waals surface area (Å²) in [5, 5.41) is 8.21. The number of hydrogen-bond donors (Lipinski definition) is 0. The Bertz CT molecular complexity index is 508. The first-order valence-corrected chi connectivity index (χ1v) is 4.37. The Labute approximate surface area is 86.1 Å². The summed E-state index contributed by atoms with van der Waals surface area (Å²) in [7, 11) is 0. The van der Waals surface area contributed by atoms with Gasteiger partial charge in [0.15, 0.2) is 0 Å². The highest BCUT2D eigenvalue weighted by Crippen LogP contribution is 2.13. The Kier molecular flexibility index (Phi) is 2.39. The van der Waals surface area contributed by atoms with Crippen LogP contribution in [0.3, 0.4) is 0 Å². The van der Waals surface area contributed by atoms with Crippen LogP contribution in [0.2, 0.25) is 0 Å². The van der Waals surface area contributed by atoms with Crippen molar-refractivity contribution < 1.29 is 4.79 Å². The standard InChI is InChI=1S/C10H8N4O/c1-8-6-12-14(13-8)10-4-2-9(3-5-10)11-7-15/h2-6H,1H3. The molecule has 2 aromatic rings. The third kappa shape index (κ3) is 1.98. The average molecular weight is 200 g/mol. The maximum absolute atomic E-state index is 10.0. The van der Waals surface area contributed by atoms with Crippen LogP contribution in [-0.2, 0) is 4.79 Å². The number of hydrogen-bond acceptors (Lipinski definition) is 4. The van der Waals surface area contributed by atoms with E-state index in [1.807, 2.05) is 6.92 Å². The van der Waals surface area contributed by atoms with Crippen LogP contribution in [-0.4, -0.2) is 21.1 Å². The molecule has 0 aliphatic heterocycles. The molecule has 0 aliphatic carbocycles. The van der Waals surface area contributed by atoms with Crippen molar-refractivity contribution >= 4 is 11.8 Å². The molecule has 1 aromatic carbocycles. The van der Waals surface area contributed by atoms with Crippen molar-refractivity contribution in [1.82, 2.24) is 15.0 Å². The van der Waals surface area contributed by atoms with Crippen molar-refractivity contribution in [2.24, 2.45) is 4.99 Å². The molecule has 0 saturated carbocycles. The van der Waals surface area contributed by atoms with E-state index in [-0.39, 0.29) is 0 Å². The lowest BCUT2D eigenvalue weighted by atomic mass is 10.3. The van der Waals surface area contributed by atoms with Crippen molar-refractivity contribution in [2.45, 2.75) is 6.92 Å². The molecule has 0 unspecified atom stereocenters. The number of benzene rings is 1. The van der Waals surface area contributed by atoms with E-state index in [1.54, 1.807) is 30.5 Å². The van der Waals surface area contributed by atoms with Gasteiger partial charge in [0.1, 0.15) is 0 Å². The monoisotopic (exact) mass is 200 g/mol. The summed E-state index contributed by atoms with van der Waals surface area (Å²) in [4.78, 5) is 15.0. The summed E-state index contributed by atoms with van der Waals surface area (Å²) in [5.41, 5.74) is 2.25. The van der Waals surface area contributed by atoms with Crippen molar-refractivity contribution in [3.05, 3.63) is 36.2 Å². The Morgan fingerprint density at radius 3 is 2.60 bits per heavy atom. The van der Waals surface area contributed by atoms with Gasteiger partial charge < -0.3 is 0 Å². The molecule has 15 heavy (non-hydrogen) atoms. The van der Waals surface area contributed by atoms with Gasteiger partial charge in [0.05, 0.1) is 23.3 Å². The van der Waals surface area contributed by atoms with E-state index < -0.39 is 0 Å². The second-order valence-electron chi connectivity index (χ2n) is 2.99. The van der Waals surface area contributed by atoms with Crippen LogP contribution in [0.25, 0.3) is 5.69 Å². The van der Waals surface area contributed by atoms with E-state index in [1.165, 1.54) is 10.9 Å². The molecule has 0 saturated heterocycles. The summed E-state index contributed by atoms with van der Waals surface area (Å²) in [6.45, 7) is 1.87. The van der Waals surface area contributed by atoms with E-state index in [9.17, 15) is 4.79 Å². The highest BCUT2D eigenvalue weighted by molar-refractivity contribution is 5.51. The zero-order valence-electron chi connectivity index (χ0n) is 8.08. The Hall–Kier alpha value is -2.26. The smallest absolute Gasteiger partial charge is 0.211 e.